The van der Waals surface area contributed by atoms with Crippen LogP contribution in [0.2, 0.25) is 0 Å². The second kappa shape index (κ2) is 14.7. The van der Waals surface area contributed by atoms with E-state index in [4.69, 9.17) is 9.90 Å². The quantitative estimate of drug-likeness (QED) is 0.282. The number of likely N-dealkylation sites (tertiary alicyclic amines) is 2. The number of carbonyl (C=O) groups excluding carboxylic acids is 2. The highest BCUT2D eigenvalue weighted by Gasteiger charge is 2.50. The van der Waals surface area contributed by atoms with Gasteiger partial charge in [0, 0.05) is 62.9 Å². The number of carbonyl (C=O) groups is 2. The lowest BCUT2D eigenvalue weighted by atomic mass is 10.00. The molecule has 48 heavy (non-hydrogen) atoms. The van der Waals surface area contributed by atoms with Crippen LogP contribution in [0, 0.1) is 5.82 Å². The number of rotatable bonds is 8. The van der Waals surface area contributed by atoms with E-state index < -0.39 is 12.1 Å². The molecular weight excluding hydrogens is 626 g/mol. The largest absolute Gasteiger partial charge is 0.542 e. The minimum absolute atomic E-state index is 0.106. The van der Waals surface area contributed by atoms with Crippen LogP contribution in [0.3, 0.4) is 0 Å². The van der Waals surface area contributed by atoms with Crippen LogP contribution in [0.1, 0.15) is 40.4 Å². The fourth-order valence-corrected chi connectivity index (χ4v) is 7.02. The Bertz CT molecular complexity index is 1610. The van der Waals surface area contributed by atoms with Crippen molar-refractivity contribution in [3.05, 3.63) is 94.8 Å². The van der Waals surface area contributed by atoms with Crippen LogP contribution < -0.4 is 15.7 Å². The van der Waals surface area contributed by atoms with Crippen molar-refractivity contribution in [2.24, 2.45) is 0 Å². The number of quaternary nitrogens is 1. The van der Waals surface area contributed by atoms with Crippen molar-refractivity contribution in [2.45, 2.75) is 57.3 Å². The molecule has 1 amide bonds. The molecule has 0 spiro atoms. The molecule has 3 aromatic carbocycles. The Balaban J connectivity index is 0.000000582. The number of hydrogen-bond acceptors (Lipinski definition) is 6. The number of nitrogens with one attached hydrogen (secondary N) is 2. The molecule has 6 rings (SSSR count). The zero-order valence-corrected chi connectivity index (χ0v) is 27.5. The summed E-state index contributed by atoms with van der Waals surface area (Å²) in [5, 5.41) is 15.3. The van der Waals surface area contributed by atoms with E-state index in [1.165, 1.54) is 30.2 Å². The normalized spacial score (nSPS) is 22.2. The Morgan fingerprint density at radius 3 is 2.33 bits per heavy atom. The van der Waals surface area contributed by atoms with Gasteiger partial charge in [-0.25, -0.2) is 4.39 Å². The highest BCUT2D eigenvalue weighted by molar-refractivity contribution is 5.94. The van der Waals surface area contributed by atoms with Gasteiger partial charge in [-0.15, -0.1) is 0 Å². The van der Waals surface area contributed by atoms with Crippen molar-refractivity contribution >= 4 is 11.9 Å². The number of benzene rings is 3. The van der Waals surface area contributed by atoms with Crippen molar-refractivity contribution in [1.82, 2.24) is 20.4 Å². The molecule has 0 aromatic heterocycles. The monoisotopic (exact) mass is 669 g/mol. The summed E-state index contributed by atoms with van der Waals surface area (Å²) in [6.07, 6.45) is -3.92. The number of piperazine rings is 2. The van der Waals surface area contributed by atoms with E-state index in [9.17, 15) is 22.4 Å². The van der Waals surface area contributed by atoms with Crippen molar-refractivity contribution in [3.63, 3.8) is 0 Å². The third-order valence-corrected chi connectivity index (χ3v) is 9.56. The Morgan fingerprint density at radius 1 is 0.979 bits per heavy atom. The lowest BCUT2D eigenvalue weighted by Crippen LogP contribution is -2.54. The molecule has 2 N–H and O–H groups in total. The van der Waals surface area contributed by atoms with Crippen molar-refractivity contribution in [1.29, 1.82) is 0 Å². The van der Waals surface area contributed by atoms with Crippen LogP contribution in [-0.4, -0.2) is 97.3 Å². The third kappa shape index (κ3) is 8.98. The Morgan fingerprint density at radius 2 is 1.69 bits per heavy atom. The van der Waals surface area contributed by atoms with Gasteiger partial charge in [-0.1, -0.05) is 36.4 Å². The van der Waals surface area contributed by atoms with Gasteiger partial charge in [-0.3, -0.25) is 14.6 Å². The van der Waals surface area contributed by atoms with Gasteiger partial charge < -0.3 is 25.0 Å². The predicted molar refractivity (Wildman–Crippen MR) is 173 cm³/mol. The van der Waals surface area contributed by atoms with Crippen molar-refractivity contribution in [2.75, 3.05) is 46.8 Å². The SMILES string of the molecule is C[C@H]1CN(Cc2cccc(-c3cc(CNC(=O)c4cccc(CN5C[C@@H]6C[C@H]5C[N+]6(C)C)c4)ccc3F)c2)CCN1.O=C([O-])C(F)(F)F. The number of carboxylic acids is 1. The van der Waals surface area contributed by atoms with E-state index in [0.717, 1.165) is 54.9 Å². The smallest absolute Gasteiger partial charge is 0.430 e. The number of nitrogens with zero attached hydrogens (tertiary/aromatic N) is 3. The topological polar surface area (TPSA) is 87.7 Å². The number of alkyl halides is 3. The van der Waals surface area contributed by atoms with Crippen LogP contribution in [0.15, 0.2) is 66.7 Å². The summed E-state index contributed by atoms with van der Waals surface area (Å²) in [7, 11) is 4.67. The molecule has 2 bridgehead atoms. The Hall–Kier alpha value is -3.84. The molecule has 3 aliphatic rings. The molecule has 8 nitrogen and oxygen atoms in total. The molecule has 3 atom stereocenters. The Kier molecular flexibility index (Phi) is 10.9. The first-order valence-corrected chi connectivity index (χ1v) is 16.2. The van der Waals surface area contributed by atoms with E-state index in [2.05, 4.69) is 59.7 Å². The average molecular weight is 670 g/mol. The van der Waals surface area contributed by atoms with Gasteiger partial charge in [0.1, 0.15) is 17.8 Å². The molecular formula is C36H43F4N5O3. The summed E-state index contributed by atoms with van der Waals surface area (Å²) in [6.45, 7) is 9.62. The third-order valence-electron chi connectivity index (χ3n) is 9.56. The summed E-state index contributed by atoms with van der Waals surface area (Å²) >= 11 is 0. The van der Waals surface area contributed by atoms with Crippen LogP contribution in [0.25, 0.3) is 11.1 Å². The number of aliphatic carboxylic acids is 1. The Labute approximate surface area is 278 Å². The van der Waals surface area contributed by atoms with E-state index in [1.807, 2.05) is 36.4 Å². The molecule has 3 aromatic rings. The van der Waals surface area contributed by atoms with E-state index in [0.29, 0.717) is 35.8 Å². The lowest BCUT2D eigenvalue weighted by Gasteiger charge is -2.38. The predicted octanol–water partition coefficient (Wildman–Crippen LogP) is 3.55. The first-order valence-electron chi connectivity index (χ1n) is 16.2. The first-order chi connectivity index (χ1) is 22.7. The first kappa shape index (κ1) is 35.5. The summed E-state index contributed by atoms with van der Waals surface area (Å²) in [6, 6.07) is 23.1. The lowest BCUT2D eigenvalue weighted by molar-refractivity contribution is -0.906. The van der Waals surface area contributed by atoms with Gasteiger partial charge in [0.15, 0.2) is 0 Å². The molecule has 0 saturated carbocycles. The van der Waals surface area contributed by atoms with Gasteiger partial charge >= 0.3 is 6.18 Å². The van der Waals surface area contributed by atoms with Gasteiger partial charge in [0.05, 0.1) is 33.2 Å². The molecule has 0 radical (unpaired) electrons. The average Bonchev–Trinajstić information content (AvgIpc) is 3.56. The summed E-state index contributed by atoms with van der Waals surface area (Å²) in [5.41, 5.74) is 5.33. The molecule has 0 aliphatic carbocycles. The van der Waals surface area contributed by atoms with E-state index in [-0.39, 0.29) is 11.7 Å². The number of fused-ring (bicyclic) bond motifs is 2. The minimum atomic E-state index is -5.19. The van der Waals surface area contributed by atoms with Gasteiger partial charge in [0.2, 0.25) is 0 Å². The maximum Gasteiger partial charge on any atom is 0.430 e. The van der Waals surface area contributed by atoms with E-state index in [1.54, 1.807) is 6.07 Å². The number of hydrogen-bond donors (Lipinski definition) is 2. The fraction of sp³-hybridized carbons (Fsp3) is 0.444. The molecule has 3 aliphatic heterocycles. The second-order valence-electron chi connectivity index (χ2n) is 13.7. The maximum atomic E-state index is 15.0. The molecule has 3 fully saturated rings. The van der Waals surface area contributed by atoms with Gasteiger partial charge in [-0.2, -0.15) is 13.2 Å². The zero-order chi connectivity index (χ0) is 34.6. The number of amides is 1. The van der Waals surface area contributed by atoms with Crippen LogP contribution in [0.4, 0.5) is 17.6 Å². The zero-order valence-electron chi connectivity index (χ0n) is 27.5. The van der Waals surface area contributed by atoms with Crippen molar-refractivity contribution in [3.8, 4) is 11.1 Å². The molecule has 3 heterocycles. The molecule has 12 heteroatoms. The number of halogens is 4. The molecule has 0 unspecified atom stereocenters. The molecule has 3 saturated heterocycles. The number of likely N-dealkylation sites (N-methyl/N-ethyl adjacent to an activating group) is 1. The summed E-state index contributed by atoms with van der Waals surface area (Å²) in [4.78, 5) is 26.9. The van der Waals surface area contributed by atoms with Crippen LogP contribution in [-0.2, 0) is 24.4 Å². The second-order valence-corrected chi connectivity index (χ2v) is 13.7. The maximum absolute atomic E-state index is 15.0. The minimum Gasteiger partial charge on any atom is -0.542 e. The van der Waals surface area contributed by atoms with Crippen LogP contribution >= 0.6 is 0 Å². The van der Waals surface area contributed by atoms with E-state index >= 15 is 0 Å². The van der Waals surface area contributed by atoms with Crippen LogP contribution in [0.5, 0.6) is 0 Å². The summed E-state index contributed by atoms with van der Waals surface area (Å²) < 4.78 is 47.6. The fourth-order valence-electron chi connectivity index (χ4n) is 7.02. The highest BCUT2D eigenvalue weighted by Crippen LogP contribution is 2.35. The summed E-state index contributed by atoms with van der Waals surface area (Å²) in [5.74, 6) is -3.36. The highest BCUT2D eigenvalue weighted by atomic mass is 19.4. The van der Waals surface area contributed by atoms with Gasteiger partial charge in [-0.05, 0) is 59.5 Å². The standard InChI is InChI=1S/C34H42FN5O.C2HF3O2/c1-24-19-38(13-12-36-24)20-26-6-4-8-28(14-26)32-16-25(10-11-33(32)35)18-37-34(41)29-9-5-7-27(15-29)21-39-22-31-17-30(39)23-40(31,2)3;3-2(4,5)1(6)7/h4-11,14-16,24,30-31,36H,12-13,17-23H2,1-3H3;(H,6,7)/t24-,30-,31-;/m0./s1. The number of carboxylic acid groups (broad SMARTS) is 1. The molecule has 258 valence electrons. The van der Waals surface area contributed by atoms with Crippen molar-refractivity contribution < 1.29 is 36.7 Å². The van der Waals surface area contributed by atoms with Gasteiger partial charge in [0.25, 0.3) is 5.91 Å².